The van der Waals surface area contributed by atoms with E-state index >= 15 is 0 Å². The molecule has 1 aromatic rings. The van der Waals surface area contributed by atoms with Crippen LogP contribution >= 0.6 is 0 Å². The number of hydrogen-bond donors (Lipinski definition) is 0. The number of carbonyl (C=O) groups excluding carboxylic acids is 1. The quantitative estimate of drug-likeness (QED) is 0.796. The summed E-state index contributed by atoms with van der Waals surface area (Å²) in [6, 6.07) is 2.49. The molecule has 0 aromatic heterocycles. The van der Waals surface area contributed by atoms with E-state index in [1.807, 2.05) is 0 Å². The average molecular weight is 282 g/mol. The van der Waals surface area contributed by atoms with E-state index in [2.05, 4.69) is 0 Å². The minimum absolute atomic E-state index is 0.164. The smallest absolute Gasteiger partial charge is 0.334 e. The average Bonchev–Trinajstić information content (AvgIpc) is 2.49. The van der Waals surface area contributed by atoms with Crippen LogP contribution in [0.25, 0.3) is 5.57 Å². The monoisotopic (exact) mass is 282 g/mol. The number of hydrogen-bond acceptors (Lipinski definition) is 3. The highest BCUT2D eigenvalue weighted by molar-refractivity contribution is 5.98. The maximum Gasteiger partial charge on any atom is 0.334 e. The molecule has 0 atom stereocenters. The van der Waals surface area contributed by atoms with Gasteiger partial charge in [0.25, 0.3) is 0 Å². The summed E-state index contributed by atoms with van der Waals surface area (Å²) in [6.07, 6.45) is 2.95. The molecule has 3 nitrogen and oxygen atoms in total. The van der Waals surface area contributed by atoms with Gasteiger partial charge in [0.15, 0.2) is 11.6 Å². The maximum absolute atomic E-state index is 13.8. The van der Waals surface area contributed by atoms with Crippen molar-refractivity contribution < 1.29 is 23.0 Å². The van der Waals surface area contributed by atoms with Gasteiger partial charge in [-0.05, 0) is 43.4 Å². The molecule has 0 N–H and O–H groups in total. The molecule has 0 bridgehead atoms. The van der Waals surface area contributed by atoms with E-state index in [0.29, 0.717) is 29.6 Å². The number of rotatable bonds is 3. The van der Waals surface area contributed by atoms with Crippen LogP contribution in [0.4, 0.5) is 8.78 Å². The molecule has 1 aliphatic rings. The van der Waals surface area contributed by atoms with Crippen LogP contribution in [-0.2, 0) is 9.53 Å². The first-order valence-corrected chi connectivity index (χ1v) is 6.42. The van der Waals surface area contributed by atoms with Gasteiger partial charge in [-0.2, -0.15) is 4.39 Å². The van der Waals surface area contributed by atoms with Crippen molar-refractivity contribution in [1.82, 2.24) is 0 Å². The molecule has 0 fully saturated rings. The molecule has 108 valence electrons. The first kappa shape index (κ1) is 14.5. The number of halogens is 2. The summed E-state index contributed by atoms with van der Waals surface area (Å²) in [7, 11) is 2.59. The van der Waals surface area contributed by atoms with Crippen LogP contribution in [-0.4, -0.2) is 20.2 Å². The van der Waals surface area contributed by atoms with Gasteiger partial charge in [-0.1, -0.05) is 0 Å². The van der Waals surface area contributed by atoms with E-state index in [4.69, 9.17) is 9.47 Å². The van der Waals surface area contributed by atoms with E-state index in [1.54, 1.807) is 0 Å². The van der Waals surface area contributed by atoms with Crippen molar-refractivity contribution >= 4 is 11.5 Å². The summed E-state index contributed by atoms with van der Waals surface area (Å²) in [6.45, 7) is 0. The fraction of sp³-hybridized carbons (Fsp3) is 0.400. The zero-order chi connectivity index (χ0) is 14.7. The lowest BCUT2D eigenvalue weighted by molar-refractivity contribution is -0.136. The number of methoxy groups -OCH3 is 2. The van der Waals surface area contributed by atoms with E-state index < -0.39 is 17.6 Å². The van der Waals surface area contributed by atoms with Crippen LogP contribution in [0.15, 0.2) is 17.7 Å². The standard InChI is InChI=1S/C15H16F2O3/c1-19-14-10(7-8-12(16)13(14)17)9-5-3-4-6-11(9)15(18)20-2/h7-8H,3-6H2,1-2H3. The summed E-state index contributed by atoms with van der Waals surface area (Å²) in [5.41, 5.74) is 1.62. The van der Waals surface area contributed by atoms with E-state index in [1.165, 1.54) is 20.3 Å². The highest BCUT2D eigenvalue weighted by atomic mass is 19.2. The Labute approximate surface area is 116 Å². The van der Waals surface area contributed by atoms with Crippen molar-refractivity contribution in [2.24, 2.45) is 0 Å². The van der Waals surface area contributed by atoms with Crippen LogP contribution < -0.4 is 4.74 Å². The van der Waals surface area contributed by atoms with Gasteiger partial charge in [-0.25, -0.2) is 9.18 Å². The second-order valence-corrected chi connectivity index (χ2v) is 4.60. The van der Waals surface area contributed by atoms with Crippen molar-refractivity contribution in [3.63, 3.8) is 0 Å². The van der Waals surface area contributed by atoms with Gasteiger partial charge in [-0.15, -0.1) is 0 Å². The normalized spacial score (nSPS) is 15.2. The van der Waals surface area contributed by atoms with Crippen LogP contribution in [0.3, 0.4) is 0 Å². The molecule has 0 amide bonds. The highest BCUT2D eigenvalue weighted by Gasteiger charge is 2.25. The van der Waals surface area contributed by atoms with Crippen LogP contribution in [0.5, 0.6) is 5.75 Å². The Hall–Kier alpha value is -1.91. The zero-order valence-electron chi connectivity index (χ0n) is 11.5. The Morgan fingerprint density at radius 1 is 1.15 bits per heavy atom. The largest absolute Gasteiger partial charge is 0.493 e. The first-order valence-electron chi connectivity index (χ1n) is 6.42. The van der Waals surface area contributed by atoms with Crippen molar-refractivity contribution in [1.29, 1.82) is 0 Å². The Morgan fingerprint density at radius 3 is 2.50 bits per heavy atom. The van der Waals surface area contributed by atoms with Gasteiger partial charge in [-0.3, -0.25) is 0 Å². The molecular weight excluding hydrogens is 266 g/mol. The fourth-order valence-corrected chi connectivity index (χ4v) is 2.52. The van der Waals surface area contributed by atoms with Crippen molar-refractivity contribution in [3.8, 4) is 5.75 Å². The van der Waals surface area contributed by atoms with Crippen LogP contribution in [0, 0.1) is 11.6 Å². The molecule has 0 aliphatic heterocycles. The minimum atomic E-state index is -1.03. The van der Waals surface area contributed by atoms with Gasteiger partial charge < -0.3 is 9.47 Å². The third kappa shape index (κ3) is 2.53. The number of allylic oxidation sites excluding steroid dienone is 1. The molecule has 1 aliphatic carbocycles. The van der Waals surface area contributed by atoms with Crippen molar-refractivity contribution in [2.45, 2.75) is 25.7 Å². The Morgan fingerprint density at radius 2 is 1.85 bits per heavy atom. The van der Waals surface area contributed by atoms with E-state index in [9.17, 15) is 13.6 Å². The van der Waals surface area contributed by atoms with E-state index in [-0.39, 0.29) is 5.75 Å². The predicted molar refractivity (Wildman–Crippen MR) is 70.3 cm³/mol. The van der Waals surface area contributed by atoms with Gasteiger partial charge in [0.05, 0.1) is 14.2 Å². The Kier molecular flexibility index (Phi) is 4.37. The van der Waals surface area contributed by atoms with Crippen molar-refractivity contribution in [3.05, 3.63) is 34.9 Å². The third-order valence-corrected chi connectivity index (χ3v) is 3.48. The molecular formula is C15H16F2O3. The molecule has 1 aromatic carbocycles. The summed E-state index contributed by atoms with van der Waals surface area (Å²) in [5.74, 6) is -2.59. The second kappa shape index (κ2) is 6.03. The Bertz CT molecular complexity index is 564. The second-order valence-electron chi connectivity index (χ2n) is 4.60. The van der Waals surface area contributed by atoms with Gasteiger partial charge in [0, 0.05) is 11.1 Å². The van der Waals surface area contributed by atoms with Gasteiger partial charge in [0.1, 0.15) is 0 Å². The Balaban J connectivity index is 2.61. The predicted octanol–water partition coefficient (Wildman–Crippen LogP) is 3.47. The lowest BCUT2D eigenvalue weighted by Gasteiger charge is -2.21. The number of ether oxygens (including phenoxy) is 2. The van der Waals surface area contributed by atoms with Crippen LogP contribution in [0.1, 0.15) is 31.2 Å². The third-order valence-electron chi connectivity index (χ3n) is 3.48. The lowest BCUT2D eigenvalue weighted by Crippen LogP contribution is -2.12. The molecule has 2 rings (SSSR count). The molecule has 5 heteroatoms. The molecule has 0 spiro atoms. The molecule has 0 radical (unpaired) electrons. The van der Waals surface area contributed by atoms with Crippen molar-refractivity contribution in [2.75, 3.05) is 14.2 Å². The number of benzene rings is 1. The molecule has 0 heterocycles. The minimum Gasteiger partial charge on any atom is -0.493 e. The summed E-state index contributed by atoms with van der Waals surface area (Å²) in [5, 5.41) is 0. The SMILES string of the molecule is COC(=O)C1=C(c2ccc(F)c(F)c2OC)CCCC1. The summed E-state index contributed by atoms with van der Waals surface area (Å²) < 4.78 is 36.8. The molecule has 0 unspecified atom stereocenters. The molecule has 0 saturated heterocycles. The zero-order valence-corrected chi connectivity index (χ0v) is 11.5. The lowest BCUT2D eigenvalue weighted by atomic mass is 9.87. The molecule has 0 saturated carbocycles. The topological polar surface area (TPSA) is 35.5 Å². The summed E-state index contributed by atoms with van der Waals surface area (Å²) >= 11 is 0. The van der Waals surface area contributed by atoms with Crippen LogP contribution in [0.2, 0.25) is 0 Å². The molecule has 20 heavy (non-hydrogen) atoms. The fourth-order valence-electron chi connectivity index (χ4n) is 2.52. The van der Waals surface area contributed by atoms with Gasteiger partial charge in [0.2, 0.25) is 5.82 Å². The first-order chi connectivity index (χ1) is 9.60. The summed E-state index contributed by atoms with van der Waals surface area (Å²) in [4.78, 5) is 11.8. The number of esters is 1. The van der Waals surface area contributed by atoms with Gasteiger partial charge >= 0.3 is 5.97 Å². The number of carbonyl (C=O) groups is 1. The highest BCUT2D eigenvalue weighted by Crippen LogP contribution is 2.38. The van der Waals surface area contributed by atoms with E-state index in [0.717, 1.165) is 18.9 Å². The maximum atomic E-state index is 13.8.